The van der Waals surface area contributed by atoms with Crippen molar-refractivity contribution in [2.45, 2.75) is 23.9 Å². The average Bonchev–Trinajstić information content (AvgIpc) is 2.40. The second-order valence-corrected chi connectivity index (χ2v) is 4.90. The summed E-state index contributed by atoms with van der Waals surface area (Å²) in [5.74, 6) is 0. The summed E-state index contributed by atoms with van der Waals surface area (Å²) in [5.41, 5.74) is 4.68. The van der Waals surface area contributed by atoms with Crippen molar-refractivity contribution in [3.8, 4) is 0 Å². The number of hydrogen-bond donors (Lipinski definition) is 2. The van der Waals surface area contributed by atoms with E-state index >= 15 is 0 Å². The molecule has 0 saturated carbocycles. The molecule has 22 heavy (non-hydrogen) atoms. The minimum Gasteiger partial charge on any atom is -0.322 e. The lowest BCUT2D eigenvalue weighted by Gasteiger charge is -2.41. The summed E-state index contributed by atoms with van der Waals surface area (Å²) in [6.45, 7) is 0. The van der Waals surface area contributed by atoms with Gasteiger partial charge in [0.2, 0.25) is 0 Å². The molecule has 0 aromatic heterocycles. The summed E-state index contributed by atoms with van der Waals surface area (Å²) < 4.78 is 79.8. The van der Waals surface area contributed by atoms with Crippen LogP contribution in [0.3, 0.4) is 0 Å². The molecular formula is C14H12F6N2. The zero-order valence-corrected chi connectivity index (χ0v) is 11.0. The van der Waals surface area contributed by atoms with E-state index in [1.54, 1.807) is 0 Å². The molecule has 0 spiro atoms. The predicted molar refractivity (Wildman–Crippen MR) is 69.5 cm³/mol. The quantitative estimate of drug-likeness (QED) is 0.781. The molecule has 2 unspecified atom stereocenters. The van der Waals surface area contributed by atoms with E-state index in [-0.39, 0.29) is 5.56 Å². The Hall–Kier alpha value is -1.80. The molecule has 1 aliphatic rings. The molecule has 2 nitrogen and oxygen atoms in total. The van der Waals surface area contributed by atoms with Gasteiger partial charge in [-0.2, -0.15) is 26.3 Å². The minimum absolute atomic E-state index is 0.269. The largest absolute Gasteiger partial charge is 0.416 e. The molecule has 1 aromatic carbocycles. The first-order chi connectivity index (χ1) is 9.99. The van der Waals surface area contributed by atoms with Gasteiger partial charge in [-0.3, -0.25) is 0 Å². The van der Waals surface area contributed by atoms with Crippen molar-refractivity contribution in [3.05, 3.63) is 53.6 Å². The molecule has 1 aromatic rings. The maximum atomic E-state index is 13.4. The Morgan fingerprint density at radius 2 is 1.50 bits per heavy atom. The second kappa shape index (κ2) is 5.13. The average molecular weight is 322 g/mol. The lowest BCUT2D eigenvalue weighted by Crippen LogP contribution is -2.66. The smallest absolute Gasteiger partial charge is 0.322 e. The standard InChI is InChI=1S/C14H12F6N2/c15-13(16,17)9-6-7-10(21)12(22,14(18,19)20)11(9)8-4-2-1-3-5-8/h1-7,10H,21-22H2. The van der Waals surface area contributed by atoms with Crippen molar-refractivity contribution in [2.24, 2.45) is 11.5 Å². The normalized spacial score (nSPS) is 26.5. The van der Waals surface area contributed by atoms with E-state index in [1.807, 2.05) is 0 Å². The van der Waals surface area contributed by atoms with Gasteiger partial charge in [0.25, 0.3) is 0 Å². The Bertz CT molecular complexity index is 614. The third-order valence-corrected chi connectivity index (χ3v) is 3.52. The molecule has 0 radical (unpaired) electrons. The molecule has 0 saturated heterocycles. The number of halogens is 6. The van der Waals surface area contributed by atoms with E-state index in [1.165, 1.54) is 18.2 Å². The van der Waals surface area contributed by atoms with E-state index in [0.29, 0.717) is 12.2 Å². The van der Waals surface area contributed by atoms with Gasteiger partial charge in [-0.15, -0.1) is 0 Å². The first-order valence-electron chi connectivity index (χ1n) is 6.16. The molecule has 0 bridgehead atoms. The van der Waals surface area contributed by atoms with Crippen molar-refractivity contribution in [1.29, 1.82) is 0 Å². The van der Waals surface area contributed by atoms with Crippen LogP contribution >= 0.6 is 0 Å². The predicted octanol–water partition coefficient (Wildman–Crippen LogP) is 3.16. The highest BCUT2D eigenvalue weighted by atomic mass is 19.4. The highest BCUT2D eigenvalue weighted by molar-refractivity contribution is 5.82. The number of alkyl halides is 6. The molecular weight excluding hydrogens is 310 g/mol. The van der Waals surface area contributed by atoms with Crippen LogP contribution in [0.5, 0.6) is 0 Å². The molecule has 8 heteroatoms. The van der Waals surface area contributed by atoms with Crippen LogP contribution in [0.25, 0.3) is 5.57 Å². The minimum atomic E-state index is -5.15. The van der Waals surface area contributed by atoms with Gasteiger partial charge in [-0.05, 0) is 5.56 Å². The van der Waals surface area contributed by atoms with Gasteiger partial charge >= 0.3 is 12.4 Å². The summed E-state index contributed by atoms with van der Waals surface area (Å²) in [5, 5.41) is 0. The fraction of sp³-hybridized carbons (Fsp3) is 0.286. The zero-order chi connectivity index (χ0) is 16.8. The highest BCUT2D eigenvalue weighted by Crippen LogP contribution is 2.48. The van der Waals surface area contributed by atoms with Crippen LogP contribution in [0.1, 0.15) is 5.56 Å². The van der Waals surface area contributed by atoms with Crippen LogP contribution in [0, 0.1) is 0 Å². The van der Waals surface area contributed by atoms with Gasteiger partial charge in [0.1, 0.15) is 0 Å². The number of allylic oxidation sites excluding steroid dienone is 2. The molecule has 0 aliphatic heterocycles. The Kier molecular flexibility index (Phi) is 3.87. The Labute approximate surface area is 122 Å². The Morgan fingerprint density at radius 1 is 0.955 bits per heavy atom. The molecule has 4 N–H and O–H groups in total. The number of benzene rings is 1. The summed E-state index contributed by atoms with van der Waals surface area (Å²) in [6.07, 6.45) is -8.97. The van der Waals surface area contributed by atoms with E-state index < -0.39 is 35.1 Å². The van der Waals surface area contributed by atoms with Crippen LogP contribution in [0.2, 0.25) is 0 Å². The fourth-order valence-electron chi connectivity index (χ4n) is 2.39. The first kappa shape index (κ1) is 16.6. The molecule has 120 valence electrons. The van der Waals surface area contributed by atoms with Crippen LogP contribution in [-0.2, 0) is 0 Å². The number of rotatable bonds is 1. The SMILES string of the molecule is NC1C=CC(C(F)(F)F)=C(c2ccccc2)C1(N)C(F)(F)F. The molecule has 1 aliphatic carbocycles. The third-order valence-electron chi connectivity index (χ3n) is 3.52. The van der Waals surface area contributed by atoms with Crippen LogP contribution in [-0.4, -0.2) is 23.9 Å². The summed E-state index contributed by atoms with van der Waals surface area (Å²) in [7, 11) is 0. The van der Waals surface area contributed by atoms with E-state index in [2.05, 4.69) is 0 Å². The van der Waals surface area contributed by atoms with Gasteiger partial charge in [0.05, 0.1) is 11.6 Å². The number of hydrogen-bond acceptors (Lipinski definition) is 2. The van der Waals surface area contributed by atoms with Gasteiger partial charge in [-0.25, -0.2) is 0 Å². The van der Waals surface area contributed by atoms with Gasteiger partial charge in [-0.1, -0.05) is 42.5 Å². The van der Waals surface area contributed by atoms with Crippen molar-refractivity contribution >= 4 is 5.57 Å². The third kappa shape index (κ3) is 2.52. The van der Waals surface area contributed by atoms with Gasteiger partial charge < -0.3 is 11.5 Å². The Morgan fingerprint density at radius 3 is 1.95 bits per heavy atom. The molecule has 0 heterocycles. The maximum absolute atomic E-state index is 13.4. The first-order valence-corrected chi connectivity index (χ1v) is 6.16. The topological polar surface area (TPSA) is 52.0 Å². The molecule has 0 amide bonds. The van der Waals surface area contributed by atoms with Crippen molar-refractivity contribution in [2.75, 3.05) is 0 Å². The summed E-state index contributed by atoms with van der Waals surface area (Å²) in [6, 6.07) is 4.59. The summed E-state index contributed by atoms with van der Waals surface area (Å²) in [4.78, 5) is 0. The monoisotopic (exact) mass is 322 g/mol. The van der Waals surface area contributed by atoms with Crippen LogP contribution in [0.15, 0.2) is 48.1 Å². The van der Waals surface area contributed by atoms with Gasteiger partial charge in [0, 0.05) is 5.57 Å². The Balaban J connectivity index is 2.84. The van der Waals surface area contributed by atoms with E-state index in [9.17, 15) is 26.3 Å². The van der Waals surface area contributed by atoms with Crippen molar-refractivity contribution in [3.63, 3.8) is 0 Å². The lowest BCUT2D eigenvalue weighted by molar-refractivity contribution is -0.171. The van der Waals surface area contributed by atoms with Crippen molar-refractivity contribution < 1.29 is 26.3 Å². The van der Waals surface area contributed by atoms with Gasteiger partial charge in [0.15, 0.2) is 5.54 Å². The highest BCUT2D eigenvalue weighted by Gasteiger charge is 2.61. The second-order valence-electron chi connectivity index (χ2n) is 4.90. The van der Waals surface area contributed by atoms with E-state index in [4.69, 9.17) is 11.5 Å². The lowest BCUT2D eigenvalue weighted by atomic mass is 9.73. The fourth-order valence-corrected chi connectivity index (χ4v) is 2.39. The molecule has 2 rings (SSSR count). The number of nitrogens with two attached hydrogens (primary N) is 2. The summed E-state index contributed by atoms with van der Waals surface area (Å²) >= 11 is 0. The molecule has 2 atom stereocenters. The molecule has 0 fully saturated rings. The van der Waals surface area contributed by atoms with Crippen molar-refractivity contribution in [1.82, 2.24) is 0 Å². The van der Waals surface area contributed by atoms with Crippen LogP contribution in [0.4, 0.5) is 26.3 Å². The zero-order valence-electron chi connectivity index (χ0n) is 11.0. The van der Waals surface area contributed by atoms with E-state index in [0.717, 1.165) is 12.1 Å². The van der Waals surface area contributed by atoms with Crippen LogP contribution < -0.4 is 11.5 Å². The maximum Gasteiger partial charge on any atom is 0.416 e.